The van der Waals surface area contributed by atoms with E-state index in [1.165, 1.54) is 0 Å². The first kappa shape index (κ1) is 29.1. The van der Waals surface area contributed by atoms with E-state index >= 15 is 0 Å². The molecule has 0 aromatic heterocycles. The Balaban J connectivity index is 3.74. The van der Waals surface area contributed by atoms with Gasteiger partial charge in [0.15, 0.2) is 0 Å². The van der Waals surface area contributed by atoms with Gasteiger partial charge in [0.05, 0.1) is 0 Å². The molecular weight excluding hydrogens is 662 g/mol. The molecule has 0 aromatic rings. The Morgan fingerprint density at radius 2 is 1.17 bits per heavy atom. The number of nitrogens with one attached hydrogen (secondary N) is 1. The minimum atomic E-state index is -6.37. The summed E-state index contributed by atoms with van der Waals surface area (Å²) in [6.45, 7) is 6.85. The Bertz CT molecular complexity index is 804. The fourth-order valence-corrected chi connectivity index (χ4v) is 26.9. The van der Waals surface area contributed by atoms with Crippen LogP contribution in [0.2, 0.25) is 19.3 Å². The third-order valence-corrected chi connectivity index (χ3v) is 19.6. The predicted molar refractivity (Wildman–Crippen MR) is 104 cm³/mol. The summed E-state index contributed by atoms with van der Waals surface area (Å²) in [6.07, 6.45) is 0.0584. The second-order valence-corrected chi connectivity index (χ2v) is 24.1. The monoisotopic (exact) mass is 693 g/mol. The molecule has 3 unspecified atom stereocenters. The van der Waals surface area contributed by atoms with E-state index < -0.39 is 93.0 Å². The van der Waals surface area contributed by atoms with Crippen LogP contribution in [0.4, 0.5) is 0 Å². The normalized spacial score (nSPS) is 24.3. The van der Waals surface area contributed by atoms with Gasteiger partial charge in [-0.05, 0) is 0 Å². The number of hydrogen-bond donors (Lipinski definition) is 9. The molecule has 0 spiro atoms. The predicted octanol–water partition coefficient (Wildman–Crippen LogP) is -2.93. The van der Waals surface area contributed by atoms with E-state index in [1.54, 1.807) is 27.7 Å². The summed E-state index contributed by atoms with van der Waals surface area (Å²) >= 11 is -24.7. The zero-order valence-corrected chi connectivity index (χ0v) is 24.4. The molecule has 30 heavy (non-hydrogen) atoms. The third-order valence-electron chi connectivity index (χ3n) is 5.08. The van der Waals surface area contributed by atoms with Crippen molar-refractivity contribution in [1.29, 1.82) is 0 Å². The Morgan fingerprint density at radius 1 is 0.767 bits per heavy atom. The molecule has 0 amide bonds. The van der Waals surface area contributed by atoms with E-state index in [1.807, 2.05) is 0 Å². The third kappa shape index (κ3) is 8.45. The van der Waals surface area contributed by atoms with Gasteiger partial charge in [0, 0.05) is 0 Å². The molecule has 0 radical (unpaired) electrons. The van der Waals surface area contributed by atoms with E-state index in [-0.39, 0.29) is 12.8 Å². The molecule has 0 aromatic carbocycles. The summed E-state index contributed by atoms with van der Waals surface area (Å²) in [7, 11) is 0. The van der Waals surface area contributed by atoms with Crippen LogP contribution in [0.25, 0.3) is 0 Å². The van der Waals surface area contributed by atoms with Crippen LogP contribution in [0.3, 0.4) is 0 Å². The van der Waals surface area contributed by atoms with Gasteiger partial charge in [0.2, 0.25) is 0 Å². The summed E-state index contributed by atoms with van der Waals surface area (Å²) in [5.74, 6) is -1.05. The quantitative estimate of drug-likeness (QED) is 0.116. The van der Waals surface area contributed by atoms with Crippen molar-refractivity contribution in [1.82, 2.24) is 5.32 Å². The summed E-state index contributed by atoms with van der Waals surface area (Å²) in [6, 6.07) is 0. The summed E-state index contributed by atoms with van der Waals surface area (Å²) in [5.41, 5.74) is -1.45. The number of hydrogen-bond acceptors (Lipinski definition) is 5. The van der Waals surface area contributed by atoms with Crippen LogP contribution in [0.5, 0.6) is 0 Å². The Hall–Kier alpha value is 1.07. The van der Waals surface area contributed by atoms with E-state index in [0.717, 1.165) is 0 Å². The van der Waals surface area contributed by atoms with Crippen molar-refractivity contribution in [3.8, 4) is 0 Å². The summed E-state index contributed by atoms with van der Waals surface area (Å²) in [4.78, 5) is 0. The Morgan fingerprint density at radius 3 is 1.43 bits per heavy atom. The van der Waals surface area contributed by atoms with Crippen molar-refractivity contribution < 1.29 is 47.7 Å². The second-order valence-electron chi connectivity index (χ2n) is 9.22. The molecule has 180 valence electrons. The Kier molecular flexibility index (Phi) is 8.76. The van der Waals surface area contributed by atoms with Crippen LogP contribution in [-0.2, 0) is 15.0 Å². The fraction of sp³-hybridized carbons (Fsp3) is 1.00. The molecular formula is C13H31As4NO12. The molecule has 17 heteroatoms. The van der Waals surface area contributed by atoms with Crippen molar-refractivity contribution >= 4 is 56.7 Å². The van der Waals surface area contributed by atoms with Gasteiger partial charge < -0.3 is 0 Å². The van der Waals surface area contributed by atoms with E-state index in [4.69, 9.17) is 0 Å². The van der Waals surface area contributed by atoms with Crippen LogP contribution < -0.4 is 5.32 Å². The topological polar surface area (TPSA) is 242 Å². The van der Waals surface area contributed by atoms with Crippen LogP contribution in [0.1, 0.15) is 40.5 Å². The molecule has 13 nitrogen and oxygen atoms in total. The van der Waals surface area contributed by atoms with Crippen molar-refractivity contribution in [2.75, 3.05) is 0 Å². The van der Waals surface area contributed by atoms with E-state index in [0.29, 0.717) is 0 Å². The fourth-order valence-electron chi connectivity index (χ4n) is 4.70. The summed E-state index contributed by atoms with van der Waals surface area (Å²) < 4.78 is 120. The van der Waals surface area contributed by atoms with Crippen LogP contribution in [0.15, 0.2) is 0 Å². The molecule has 9 N–H and O–H groups in total. The minimum absolute atomic E-state index is 0.0292. The molecule has 1 rings (SSSR count). The molecule has 0 saturated carbocycles. The zero-order valence-electron chi connectivity index (χ0n) is 16.9. The molecule has 1 aliphatic heterocycles. The van der Waals surface area contributed by atoms with Gasteiger partial charge in [-0.1, -0.05) is 0 Å². The van der Waals surface area contributed by atoms with Gasteiger partial charge in [-0.15, -0.1) is 0 Å². The van der Waals surface area contributed by atoms with Gasteiger partial charge in [-0.25, -0.2) is 0 Å². The molecule has 3 atom stereocenters. The van der Waals surface area contributed by atoms with Gasteiger partial charge in [-0.2, -0.15) is 0 Å². The molecule has 1 aliphatic rings. The van der Waals surface area contributed by atoms with Crippen molar-refractivity contribution in [2.24, 2.45) is 5.92 Å². The van der Waals surface area contributed by atoms with Crippen molar-refractivity contribution in [3.05, 3.63) is 0 Å². The zero-order chi connectivity index (χ0) is 24.1. The average Bonchev–Trinajstić information content (AvgIpc) is 2.33. The van der Waals surface area contributed by atoms with Crippen LogP contribution >= 0.6 is 0 Å². The Labute approximate surface area is 185 Å². The number of rotatable bonds is 8. The SMILES string of the molecule is CC1(C)CC(C(C(C(C[As](=O)(O)O)[As](=O)(O)O)[As](=O)(O)O)[As](=O)(O)O)CC(C)(C)N1. The second kappa shape index (κ2) is 9.02. The number of piperidine rings is 1. The van der Waals surface area contributed by atoms with Gasteiger partial charge >= 0.3 is 187 Å². The first-order chi connectivity index (χ1) is 12.9. The molecule has 0 bridgehead atoms. The van der Waals surface area contributed by atoms with E-state index in [9.17, 15) is 47.7 Å². The van der Waals surface area contributed by atoms with Crippen molar-refractivity contribution in [2.45, 2.75) is 70.9 Å². The first-order valence-corrected chi connectivity index (χ1v) is 23.2. The molecule has 1 saturated heterocycles. The van der Waals surface area contributed by atoms with Gasteiger partial charge in [0.25, 0.3) is 0 Å². The summed E-state index contributed by atoms with van der Waals surface area (Å²) in [5, 5.41) is 1.71. The van der Waals surface area contributed by atoms with Gasteiger partial charge in [-0.3, -0.25) is 0 Å². The van der Waals surface area contributed by atoms with Crippen LogP contribution in [-0.4, -0.2) is 101 Å². The van der Waals surface area contributed by atoms with Gasteiger partial charge in [0.1, 0.15) is 0 Å². The van der Waals surface area contributed by atoms with Crippen LogP contribution in [0, 0.1) is 5.92 Å². The molecule has 1 fully saturated rings. The molecule has 0 aliphatic carbocycles. The average molecular weight is 693 g/mol. The standard InChI is InChI=1S/C13H31As4NO12/c1-12(2)5-8(6-13(3,4)18-12)10(16(25,26)27)11(17(28,29)30)9(15(22,23)24)7-14(19,20)21/h8-11,18H,5-7H2,1-4H3,(H2,19,20,21)(H2,22,23,24)(H2,25,26,27)(H2,28,29,30). The van der Waals surface area contributed by atoms with Crippen molar-refractivity contribution in [3.63, 3.8) is 0 Å². The molecule has 1 heterocycles. The maximum absolute atomic E-state index is 12.5. The maximum atomic E-state index is 12.5. The first-order valence-electron chi connectivity index (χ1n) is 8.85. The van der Waals surface area contributed by atoms with E-state index in [2.05, 4.69) is 5.32 Å².